The number of hydrogen-bond donors (Lipinski definition) is 1. The summed E-state index contributed by atoms with van der Waals surface area (Å²) < 4.78 is 36.1. The molecule has 0 spiro atoms. The van der Waals surface area contributed by atoms with Gasteiger partial charge in [0.15, 0.2) is 15.7 Å². The van der Waals surface area contributed by atoms with E-state index in [2.05, 4.69) is 20.5 Å². The molecule has 1 aromatic carbocycles. The molecule has 1 unspecified atom stereocenters. The first kappa shape index (κ1) is 15.6. The highest BCUT2D eigenvalue weighted by molar-refractivity contribution is 7.91. The largest absolute Gasteiger partial charge is 0.339 e. The van der Waals surface area contributed by atoms with Crippen LogP contribution >= 0.6 is 0 Å². The summed E-state index contributed by atoms with van der Waals surface area (Å²) in [6, 6.07) is 5.71. The molecule has 1 aliphatic rings. The lowest BCUT2D eigenvalue weighted by molar-refractivity contribution is 0.600. The number of sulfone groups is 1. The van der Waals surface area contributed by atoms with Gasteiger partial charge in [-0.05, 0) is 30.7 Å². The Morgan fingerprint density at radius 3 is 2.70 bits per heavy atom. The fourth-order valence-electron chi connectivity index (χ4n) is 2.43. The predicted octanol–water partition coefficient (Wildman–Crippen LogP) is 1.38. The van der Waals surface area contributed by atoms with Crippen molar-refractivity contribution in [2.24, 2.45) is 0 Å². The third kappa shape index (κ3) is 3.73. The van der Waals surface area contributed by atoms with Crippen molar-refractivity contribution in [3.63, 3.8) is 0 Å². The minimum absolute atomic E-state index is 0.0997. The molecule has 1 saturated heterocycles. The van der Waals surface area contributed by atoms with Crippen LogP contribution in [0.2, 0.25) is 0 Å². The fraction of sp³-hybridized carbons (Fsp3) is 0.357. The Morgan fingerprint density at radius 2 is 2.04 bits per heavy atom. The maximum Gasteiger partial charge on any atom is 0.247 e. The molecule has 1 aliphatic heterocycles. The van der Waals surface area contributed by atoms with Gasteiger partial charge in [0.2, 0.25) is 5.95 Å². The number of nitrogens with one attached hydrogen (secondary N) is 1. The van der Waals surface area contributed by atoms with Gasteiger partial charge in [0.1, 0.15) is 5.82 Å². The number of aromatic nitrogens is 3. The second-order valence-corrected chi connectivity index (χ2v) is 7.67. The average molecular weight is 337 g/mol. The second kappa shape index (κ2) is 6.07. The van der Waals surface area contributed by atoms with E-state index in [1.165, 1.54) is 18.3 Å². The molecule has 0 amide bonds. The fourth-order valence-corrected chi connectivity index (χ4v) is 4.20. The van der Waals surface area contributed by atoms with E-state index >= 15 is 0 Å². The third-order valence-corrected chi connectivity index (χ3v) is 5.49. The van der Waals surface area contributed by atoms with E-state index < -0.39 is 9.84 Å². The van der Waals surface area contributed by atoms with Crippen LogP contribution in [0.3, 0.4) is 0 Å². The molecule has 2 heterocycles. The minimum Gasteiger partial charge on any atom is -0.339 e. The van der Waals surface area contributed by atoms with E-state index in [4.69, 9.17) is 0 Å². The number of rotatable bonds is 4. The van der Waals surface area contributed by atoms with E-state index in [0.29, 0.717) is 23.9 Å². The van der Waals surface area contributed by atoms with Gasteiger partial charge in [0.25, 0.3) is 0 Å². The van der Waals surface area contributed by atoms with Crippen molar-refractivity contribution in [2.45, 2.75) is 12.5 Å². The maximum atomic E-state index is 12.9. The Kier molecular flexibility index (Phi) is 4.12. The molecular weight excluding hydrogens is 321 g/mol. The summed E-state index contributed by atoms with van der Waals surface area (Å²) in [5.74, 6) is 0.763. The van der Waals surface area contributed by atoms with E-state index in [0.717, 1.165) is 0 Å². The van der Waals surface area contributed by atoms with Crippen molar-refractivity contribution >= 4 is 27.3 Å². The Bertz CT molecular complexity index is 797. The van der Waals surface area contributed by atoms with Gasteiger partial charge in [-0.3, -0.25) is 0 Å². The molecule has 0 radical (unpaired) electrons. The molecule has 1 atom stereocenters. The van der Waals surface area contributed by atoms with E-state index in [9.17, 15) is 12.8 Å². The standard InChI is InChI=1S/C14H16FN5O2S/c1-20(12-6-7-23(21,22)9-12)14-18-13(8-16-19-14)17-11-4-2-10(15)3-5-11/h2-5,8,12H,6-7,9H2,1H3,(H,17,18,19). The summed E-state index contributed by atoms with van der Waals surface area (Å²) in [7, 11) is -1.23. The van der Waals surface area contributed by atoms with E-state index in [1.807, 2.05) is 0 Å². The molecule has 1 N–H and O–H groups in total. The summed E-state index contributed by atoms with van der Waals surface area (Å²) in [6.45, 7) is 0. The van der Waals surface area contributed by atoms with Gasteiger partial charge in [-0.1, -0.05) is 0 Å². The number of benzene rings is 1. The topological polar surface area (TPSA) is 88.1 Å². The van der Waals surface area contributed by atoms with Crippen LogP contribution in [0.25, 0.3) is 0 Å². The van der Waals surface area contributed by atoms with Crippen molar-refractivity contribution in [3.8, 4) is 0 Å². The van der Waals surface area contributed by atoms with Crippen LogP contribution in [0.15, 0.2) is 30.5 Å². The Morgan fingerprint density at radius 1 is 1.30 bits per heavy atom. The van der Waals surface area contributed by atoms with E-state index in [-0.39, 0.29) is 23.4 Å². The zero-order valence-electron chi connectivity index (χ0n) is 12.5. The monoisotopic (exact) mass is 337 g/mol. The SMILES string of the molecule is CN(c1nncc(Nc2ccc(F)cc2)n1)C1CCS(=O)(=O)C1. The van der Waals surface area contributed by atoms with Crippen molar-refractivity contribution < 1.29 is 12.8 Å². The molecule has 2 aromatic rings. The van der Waals surface area contributed by atoms with Crippen LogP contribution in [-0.2, 0) is 9.84 Å². The van der Waals surface area contributed by atoms with Crippen molar-refractivity contribution in [3.05, 3.63) is 36.3 Å². The first-order valence-electron chi connectivity index (χ1n) is 7.08. The van der Waals surface area contributed by atoms with Crippen LogP contribution < -0.4 is 10.2 Å². The van der Waals surface area contributed by atoms with Crippen molar-refractivity contribution in [1.29, 1.82) is 0 Å². The van der Waals surface area contributed by atoms with Gasteiger partial charge in [0.05, 0.1) is 17.7 Å². The number of hydrogen-bond acceptors (Lipinski definition) is 7. The molecule has 3 rings (SSSR count). The van der Waals surface area contributed by atoms with Crippen LogP contribution in [0.1, 0.15) is 6.42 Å². The lowest BCUT2D eigenvalue weighted by atomic mass is 10.2. The maximum absolute atomic E-state index is 12.9. The quantitative estimate of drug-likeness (QED) is 0.901. The van der Waals surface area contributed by atoms with Crippen LogP contribution in [0.4, 0.5) is 21.8 Å². The Balaban J connectivity index is 1.75. The predicted molar refractivity (Wildman–Crippen MR) is 85.0 cm³/mol. The molecule has 0 aliphatic carbocycles. The molecular formula is C14H16FN5O2S. The van der Waals surface area contributed by atoms with E-state index in [1.54, 1.807) is 24.1 Å². The molecule has 122 valence electrons. The molecule has 9 heteroatoms. The van der Waals surface area contributed by atoms with Gasteiger partial charge in [0, 0.05) is 18.8 Å². The van der Waals surface area contributed by atoms with Crippen LogP contribution in [0.5, 0.6) is 0 Å². The minimum atomic E-state index is -2.98. The highest BCUT2D eigenvalue weighted by Crippen LogP contribution is 2.21. The molecule has 0 saturated carbocycles. The van der Waals surface area contributed by atoms with Gasteiger partial charge >= 0.3 is 0 Å². The molecule has 7 nitrogen and oxygen atoms in total. The normalized spacial score (nSPS) is 19.5. The average Bonchev–Trinajstić information content (AvgIpc) is 2.89. The number of nitrogens with zero attached hydrogens (tertiary/aromatic N) is 4. The number of anilines is 3. The van der Waals surface area contributed by atoms with Crippen LogP contribution in [0, 0.1) is 5.82 Å². The summed E-state index contributed by atoms with van der Waals surface area (Å²) in [6.07, 6.45) is 2.00. The first-order valence-corrected chi connectivity index (χ1v) is 8.91. The van der Waals surface area contributed by atoms with Gasteiger partial charge in [-0.15, -0.1) is 5.10 Å². The highest BCUT2D eigenvalue weighted by Gasteiger charge is 2.31. The van der Waals surface area contributed by atoms with Gasteiger partial charge < -0.3 is 10.2 Å². The summed E-state index contributed by atoms with van der Waals surface area (Å²) in [4.78, 5) is 6.06. The van der Waals surface area contributed by atoms with Gasteiger partial charge in [-0.2, -0.15) is 10.1 Å². The van der Waals surface area contributed by atoms with Crippen LogP contribution in [-0.4, -0.2) is 48.2 Å². The summed E-state index contributed by atoms with van der Waals surface area (Å²) >= 11 is 0. The summed E-state index contributed by atoms with van der Waals surface area (Å²) in [5, 5.41) is 10.9. The van der Waals surface area contributed by atoms with Crippen molar-refractivity contribution in [1.82, 2.24) is 15.2 Å². The zero-order valence-corrected chi connectivity index (χ0v) is 13.3. The molecule has 23 heavy (non-hydrogen) atoms. The molecule has 1 fully saturated rings. The summed E-state index contributed by atoms with van der Waals surface area (Å²) in [5.41, 5.74) is 0.670. The zero-order chi connectivity index (χ0) is 16.4. The van der Waals surface area contributed by atoms with Gasteiger partial charge in [-0.25, -0.2) is 12.8 Å². The lowest BCUT2D eigenvalue weighted by Gasteiger charge is -2.22. The second-order valence-electron chi connectivity index (χ2n) is 5.44. The highest BCUT2D eigenvalue weighted by atomic mass is 32.2. The smallest absolute Gasteiger partial charge is 0.247 e. The Labute approximate surface area is 133 Å². The number of halogens is 1. The lowest BCUT2D eigenvalue weighted by Crippen LogP contribution is -2.34. The van der Waals surface area contributed by atoms with Crippen molar-refractivity contribution in [2.75, 3.05) is 28.8 Å². The Hall–Kier alpha value is -2.29. The molecule has 1 aromatic heterocycles. The first-order chi connectivity index (χ1) is 10.9. The third-order valence-electron chi connectivity index (χ3n) is 3.74. The molecule has 0 bridgehead atoms.